The second-order valence-corrected chi connectivity index (χ2v) is 5.93. The van der Waals surface area contributed by atoms with E-state index >= 15 is 0 Å². The first-order valence-electron chi connectivity index (χ1n) is 7.38. The zero-order chi connectivity index (χ0) is 16.1. The topological polar surface area (TPSA) is 58.6 Å². The highest BCUT2D eigenvalue weighted by atomic mass is 19.3. The number of halogens is 2. The SMILES string of the molecule is O=C(NCC1(CO)CCC(F)(F)CC1)OCc1ccccc1. The van der Waals surface area contributed by atoms with Gasteiger partial charge in [0.15, 0.2) is 0 Å². The summed E-state index contributed by atoms with van der Waals surface area (Å²) in [5, 5.41) is 12.1. The second kappa shape index (κ2) is 7.05. The number of benzene rings is 1. The van der Waals surface area contributed by atoms with Crippen LogP contribution in [0.3, 0.4) is 0 Å². The third kappa shape index (κ3) is 4.66. The fourth-order valence-corrected chi connectivity index (χ4v) is 2.57. The monoisotopic (exact) mass is 313 g/mol. The number of rotatable bonds is 5. The van der Waals surface area contributed by atoms with Crippen molar-refractivity contribution in [1.29, 1.82) is 0 Å². The quantitative estimate of drug-likeness (QED) is 0.878. The first kappa shape index (κ1) is 16.7. The Balaban J connectivity index is 1.77. The lowest BCUT2D eigenvalue weighted by atomic mass is 9.73. The Morgan fingerprint density at radius 3 is 2.41 bits per heavy atom. The highest BCUT2D eigenvalue weighted by Crippen LogP contribution is 2.42. The van der Waals surface area contributed by atoms with Gasteiger partial charge in [0.2, 0.25) is 5.92 Å². The Hall–Kier alpha value is -1.69. The van der Waals surface area contributed by atoms with Gasteiger partial charge in [-0.15, -0.1) is 0 Å². The summed E-state index contributed by atoms with van der Waals surface area (Å²) in [7, 11) is 0. The molecule has 0 heterocycles. The minimum absolute atomic E-state index is 0.146. The summed E-state index contributed by atoms with van der Waals surface area (Å²) in [4.78, 5) is 11.7. The van der Waals surface area contributed by atoms with Crippen molar-refractivity contribution in [2.45, 2.75) is 38.2 Å². The molecule has 1 saturated carbocycles. The summed E-state index contributed by atoms with van der Waals surface area (Å²) in [6.45, 7) is 0.0755. The molecule has 1 aliphatic rings. The fourth-order valence-electron chi connectivity index (χ4n) is 2.57. The molecule has 0 spiro atoms. The Morgan fingerprint density at radius 2 is 1.82 bits per heavy atom. The molecule has 0 bridgehead atoms. The van der Waals surface area contributed by atoms with Crippen LogP contribution in [-0.4, -0.2) is 30.3 Å². The van der Waals surface area contributed by atoms with Crippen molar-refractivity contribution in [3.8, 4) is 0 Å². The Morgan fingerprint density at radius 1 is 1.18 bits per heavy atom. The summed E-state index contributed by atoms with van der Waals surface area (Å²) in [6, 6.07) is 9.24. The van der Waals surface area contributed by atoms with Crippen LogP contribution in [0.4, 0.5) is 13.6 Å². The maximum atomic E-state index is 13.2. The maximum absolute atomic E-state index is 13.2. The molecule has 0 saturated heterocycles. The summed E-state index contributed by atoms with van der Waals surface area (Å²) >= 11 is 0. The summed E-state index contributed by atoms with van der Waals surface area (Å²) in [5.74, 6) is -2.66. The van der Waals surface area contributed by atoms with Gasteiger partial charge < -0.3 is 15.2 Å². The second-order valence-electron chi connectivity index (χ2n) is 5.93. The molecule has 0 atom stereocenters. The van der Waals surface area contributed by atoms with Gasteiger partial charge in [-0.1, -0.05) is 30.3 Å². The van der Waals surface area contributed by atoms with Crippen molar-refractivity contribution < 1.29 is 23.4 Å². The van der Waals surface area contributed by atoms with Crippen LogP contribution >= 0.6 is 0 Å². The van der Waals surface area contributed by atoms with Crippen LogP contribution in [0.25, 0.3) is 0 Å². The molecule has 0 aromatic heterocycles. The van der Waals surface area contributed by atoms with Gasteiger partial charge in [-0.3, -0.25) is 0 Å². The standard InChI is InChI=1S/C16H21F2NO3/c17-16(18)8-6-15(12-20,7-9-16)11-19-14(21)22-10-13-4-2-1-3-5-13/h1-5,20H,6-12H2,(H,19,21). The van der Waals surface area contributed by atoms with Gasteiger partial charge in [0.1, 0.15) is 6.61 Å². The molecule has 6 heteroatoms. The lowest BCUT2D eigenvalue weighted by Gasteiger charge is -2.38. The largest absolute Gasteiger partial charge is 0.445 e. The van der Waals surface area contributed by atoms with Crippen LogP contribution in [-0.2, 0) is 11.3 Å². The van der Waals surface area contributed by atoms with E-state index in [0.717, 1.165) is 5.56 Å². The molecule has 4 nitrogen and oxygen atoms in total. The number of hydrogen-bond donors (Lipinski definition) is 2. The summed E-state index contributed by atoms with van der Waals surface area (Å²) in [6.07, 6.45) is -0.734. The predicted octanol–water partition coefficient (Wildman–Crippen LogP) is 3.10. The Labute approximate surface area is 128 Å². The number of hydrogen-bond acceptors (Lipinski definition) is 3. The van der Waals surface area contributed by atoms with Crippen molar-refractivity contribution in [3.05, 3.63) is 35.9 Å². The number of amides is 1. The van der Waals surface area contributed by atoms with Crippen molar-refractivity contribution in [1.82, 2.24) is 5.32 Å². The van der Waals surface area contributed by atoms with E-state index in [1.807, 2.05) is 30.3 Å². The predicted molar refractivity (Wildman–Crippen MR) is 77.6 cm³/mol. The number of alkyl carbamates (subject to hydrolysis) is 1. The van der Waals surface area contributed by atoms with E-state index in [1.165, 1.54) is 0 Å². The molecule has 1 fully saturated rings. The van der Waals surface area contributed by atoms with Crippen LogP contribution in [0, 0.1) is 5.41 Å². The number of aliphatic hydroxyl groups is 1. The molecule has 0 radical (unpaired) electrons. The van der Waals surface area contributed by atoms with Gasteiger partial charge in [-0.2, -0.15) is 0 Å². The van der Waals surface area contributed by atoms with Crippen LogP contribution in [0.5, 0.6) is 0 Å². The van der Waals surface area contributed by atoms with E-state index in [1.54, 1.807) is 0 Å². The highest BCUT2D eigenvalue weighted by molar-refractivity contribution is 5.67. The molecular formula is C16H21F2NO3. The molecule has 0 aliphatic heterocycles. The van der Waals surface area contributed by atoms with E-state index < -0.39 is 17.4 Å². The lowest BCUT2D eigenvalue weighted by Crippen LogP contribution is -2.44. The van der Waals surface area contributed by atoms with Crippen LogP contribution in [0.2, 0.25) is 0 Å². The van der Waals surface area contributed by atoms with Gasteiger partial charge in [-0.25, -0.2) is 13.6 Å². The van der Waals surface area contributed by atoms with Crippen LogP contribution < -0.4 is 5.32 Å². The zero-order valence-corrected chi connectivity index (χ0v) is 12.4. The van der Waals surface area contributed by atoms with Gasteiger partial charge in [0, 0.05) is 24.8 Å². The number of aliphatic hydroxyl groups excluding tert-OH is 1. The fraction of sp³-hybridized carbons (Fsp3) is 0.562. The summed E-state index contributed by atoms with van der Waals surface area (Å²) in [5.41, 5.74) is 0.194. The normalized spacial score (nSPS) is 19.4. The van der Waals surface area contributed by atoms with Crippen LogP contribution in [0.15, 0.2) is 30.3 Å². The first-order valence-corrected chi connectivity index (χ1v) is 7.38. The molecule has 1 aromatic carbocycles. The van der Waals surface area contributed by atoms with Gasteiger partial charge in [0.25, 0.3) is 0 Å². The van der Waals surface area contributed by atoms with Gasteiger partial charge in [-0.05, 0) is 18.4 Å². The van der Waals surface area contributed by atoms with Crippen molar-refractivity contribution in [2.75, 3.05) is 13.2 Å². The molecule has 1 aromatic rings. The number of carbonyl (C=O) groups excluding carboxylic acids is 1. The Kier molecular flexibility index (Phi) is 5.34. The molecule has 22 heavy (non-hydrogen) atoms. The van der Waals surface area contributed by atoms with Crippen molar-refractivity contribution >= 4 is 6.09 Å². The number of nitrogens with one attached hydrogen (secondary N) is 1. The summed E-state index contributed by atoms with van der Waals surface area (Å²) < 4.78 is 31.5. The van der Waals surface area contributed by atoms with E-state index in [9.17, 15) is 18.7 Å². The molecular weight excluding hydrogens is 292 g/mol. The smallest absolute Gasteiger partial charge is 0.407 e. The van der Waals surface area contributed by atoms with E-state index in [0.29, 0.717) is 0 Å². The maximum Gasteiger partial charge on any atom is 0.407 e. The van der Waals surface area contributed by atoms with E-state index in [-0.39, 0.29) is 45.4 Å². The first-order chi connectivity index (χ1) is 10.4. The average molecular weight is 313 g/mol. The van der Waals surface area contributed by atoms with Crippen molar-refractivity contribution in [2.24, 2.45) is 5.41 Å². The van der Waals surface area contributed by atoms with E-state index in [2.05, 4.69) is 5.32 Å². The highest BCUT2D eigenvalue weighted by Gasteiger charge is 2.43. The average Bonchev–Trinajstić information content (AvgIpc) is 2.53. The van der Waals surface area contributed by atoms with Crippen molar-refractivity contribution in [3.63, 3.8) is 0 Å². The molecule has 2 N–H and O–H groups in total. The number of carbonyl (C=O) groups is 1. The molecule has 1 aliphatic carbocycles. The molecule has 1 amide bonds. The van der Waals surface area contributed by atoms with Gasteiger partial charge >= 0.3 is 6.09 Å². The molecule has 2 rings (SSSR count). The Bertz CT molecular complexity index is 483. The number of alkyl halides is 2. The molecule has 122 valence electrons. The number of ether oxygens (including phenoxy) is 1. The minimum atomic E-state index is -2.66. The third-order valence-electron chi connectivity index (χ3n) is 4.20. The zero-order valence-electron chi connectivity index (χ0n) is 12.4. The van der Waals surface area contributed by atoms with E-state index in [4.69, 9.17) is 4.74 Å². The third-order valence-corrected chi connectivity index (χ3v) is 4.20. The van der Waals surface area contributed by atoms with Crippen LogP contribution in [0.1, 0.15) is 31.2 Å². The lowest BCUT2D eigenvalue weighted by molar-refractivity contribution is -0.0771. The minimum Gasteiger partial charge on any atom is -0.445 e. The van der Waals surface area contributed by atoms with Gasteiger partial charge in [0.05, 0.1) is 6.61 Å². The molecule has 0 unspecified atom stereocenters.